The molecule has 0 radical (unpaired) electrons. The van der Waals surface area contributed by atoms with E-state index in [4.69, 9.17) is 17.0 Å². The Morgan fingerprint density at radius 3 is 2.70 bits per heavy atom. The van der Waals surface area contributed by atoms with Crippen LogP contribution in [0.15, 0.2) is 18.2 Å². The van der Waals surface area contributed by atoms with Crippen LogP contribution in [-0.2, 0) is 17.6 Å². The van der Waals surface area contributed by atoms with Crippen molar-refractivity contribution in [1.29, 1.82) is 0 Å². The van der Waals surface area contributed by atoms with Gasteiger partial charge in [0.2, 0.25) is 0 Å². The van der Waals surface area contributed by atoms with Crippen LogP contribution in [0.4, 0.5) is 10.7 Å². The molecule has 1 aliphatic carbocycles. The maximum absolute atomic E-state index is 12.6. The predicted molar refractivity (Wildman–Crippen MR) is 117 cm³/mol. The summed E-state index contributed by atoms with van der Waals surface area (Å²) >= 11 is 7.16. The molecule has 0 amide bonds. The highest BCUT2D eigenvalue weighted by molar-refractivity contribution is 7.80. The average Bonchev–Trinajstić information content (AvgIpc) is 2.78. The average molecular weight is 403 g/mol. The number of anilines is 2. The molecule has 1 heterocycles. The molecule has 2 aromatic rings. The Morgan fingerprint density at radius 2 is 1.96 bits per heavy atom. The standard InChI is InChI=1S/C21H26N2O2S2/c1-4-25-20(24)18-15-8-6-5-7-9-17(15)27-19(18)23-21(26)22-16-11-10-13(2)12-14(16)3/h10-12H,4-9H2,1-3H3,(H2,22,23,26). The lowest BCUT2D eigenvalue weighted by molar-refractivity contribution is 0.0527. The van der Waals surface area contributed by atoms with E-state index in [0.29, 0.717) is 17.3 Å². The molecule has 0 unspecified atom stereocenters. The van der Waals surface area contributed by atoms with E-state index in [9.17, 15) is 4.79 Å². The molecule has 3 rings (SSSR count). The number of rotatable bonds is 4. The summed E-state index contributed by atoms with van der Waals surface area (Å²) in [4.78, 5) is 13.9. The first kappa shape index (κ1) is 19.8. The smallest absolute Gasteiger partial charge is 0.341 e. The van der Waals surface area contributed by atoms with Crippen molar-refractivity contribution in [2.24, 2.45) is 0 Å². The fourth-order valence-electron chi connectivity index (χ4n) is 3.46. The number of thiophene rings is 1. The third-order valence-electron chi connectivity index (χ3n) is 4.76. The molecular formula is C21H26N2O2S2. The second kappa shape index (κ2) is 8.85. The molecule has 0 fully saturated rings. The second-order valence-corrected chi connectivity index (χ2v) is 8.40. The Balaban J connectivity index is 1.84. The van der Waals surface area contributed by atoms with Gasteiger partial charge in [0.25, 0.3) is 0 Å². The topological polar surface area (TPSA) is 50.4 Å². The molecule has 1 aromatic heterocycles. The summed E-state index contributed by atoms with van der Waals surface area (Å²) in [6.45, 7) is 6.32. The summed E-state index contributed by atoms with van der Waals surface area (Å²) in [5.41, 5.74) is 5.13. The van der Waals surface area contributed by atoms with Crippen molar-refractivity contribution in [3.8, 4) is 0 Å². The van der Waals surface area contributed by atoms with Gasteiger partial charge in [0, 0.05) is 10.6 Å². The maximum Gasteiger partial charge on any atom is 0.341 e. The largest absolute Gasteiger partial charge is 0.462 e. The number of esters is 1. The minimum absolute atomic E-state index is 0.256. The Morgan fingerprint density at radius 1 is 1.19 bits per heavy atom. The zero-order valence-electron chi connectivity index (χ0n) is 16.1. The fraction of sp³-hybridized carbons (Fsp3) is 0.429. The lowest BCUT2D eigenvalue weighted by atomic mass is 10.1. The molecule has 6 heteroatoms. The summed E-state index contributed by atoms with van der Waals surface area (Å²) < 4.78 is 5.33. The highest BCUT2D eigenvalue weighted by Crippen LogP contribution is 2.38. The van der Waals surface area contributed by atoms with Gasteiger partial charge in [-0.1, -0.05) is 24.1 Å². The van der Waals surface area contributed by atoms with Gasteiger partial charge >= 0.3 is 5.97 Å². The number of carbonyl (C=O) groups excluding carboxylic acids is 1. The lowest BCUT2D eigenvalue weighted by Crippen LogP contribution is -2.21. The maximum atomic E-state index is 12.6. The molecule has 2 N–H and O–H groups in total. The van der Waals surface area contributed by atoms with Crippen LogP contribution in [0, 0.1) is 13.8 Å². The van der Waals surface area contributed by atoms with Crippen LogP contribution in [0.5, 0.6) is 0 Å². The van der Waals surface area contributed by atoms with E-state index in [1.165, 1.54) is 23.3 Å². The molecular weight excluding hydrogens is 376 g/mol. The number of hydrogen-bond donors (Lipinski definition) is 2. The quantitative estimate of drug-likeness (QED) is 0.395. The summed E-state index contributed by atoms with van der Waals surface area (Å²) in [5, 5.41) is 7.79. The van der Waals surface area contributed by atoms with Gasteiger partial charge in [-0.2, -0.15) is 0 Å². The zero-order chi connectivity index (χ0) is 19.4. The molecule has 144 valence electrons. The molecule has 1 aliphatic rings. The van der Waals surface area contributed by atoms with E-state index in [-0.39, 0.29) is 5.97 Å². The van der Waals surface area contributed by atoms with Crippen molar-refractivity contribution in [3.05, 3.63) is 45.3 Å². The number of ether oxygens (including phenoxy) is 1. The molecule has 1 aromatic carbocycles. The van der Waals surface area contributed by atoms with Gasteiger partial charge in [-0.05, 0) is 75.9 Å². The van der Waals surface area contributed by atoms with Crippen LogP contribution >= 0.6 is 23.6 Å². The van der Waals surface area contributed by atoms with Crippen molar-refractivity contribution in [1.82, 2.24) is 0 Å². The highest BCUT2D eigenvalue weighted by Gasteiger charge is 2.26. The van der Waals surface area contributed by atoms with E-state index in [1.807, 2.05) is 13.0 Å². The lowest BCUT2D eigenvalue weighted by Gasteiger charge is -2.13. The Labute approximate surface area is 170 Å². The first-order valence-electron chi connectivity index (χ1n) is 9.46. The van der Waals surface area contributed by atoms with E-state index in [0.717, 1.165) is 41.1 Å². The monoisotopic (exact) mass is 402 g/mol. The normalized spacial score (nSPS) is 13.4. The first-order valence-corrected chi connectivity index (χ1v) is 10.7. The summed E-state index contributed by atoms with van der Waals surface area (Å²) in [6.07, 6.45) is 5.44. The number of nitrogens with one attached hydrogen (secondary N) is 2. The number of hydrogen-bond acceptors (Lipinski definition) is 4. The van der Waals surface area contributed by atoms with E-state index < -0.39 is 0 Å². The van der Waals surface area contributed by atoms with Crippen molar-refractivity contribution in [2.45, 2.75) is 52.9 Å². The van der Waals surface area contributed by atoms with Crippen LogP contribution in [0.2, 0.25) is 0 Å². The predicted octanol–water partition coefficient (Wildman–Crippen LogP) is 5.62. The number of aryl methyl sites for hydroxylation is 3. The van der Waals surface area contributed by atoms with Crippen molar-refractivity contribution in [2.75, 3.05) is 17.2 Å². The number of fused-ring (bicyclic) bond motifs is 1. The van der Waals surface area contributed by atoms with Crippen LogP contribution in [0.3, 0.4) is 0 Å². The molecule has 0 spiro atoms. The van der Waals surface area contributed by atoms with Gasteiger partial charge in [-0.25, -0.2) is 4.79 Å². The molecule has 0 saturated heterocycles. The zero-order valence-corrected chi connectivity index (χ0v) is 17.7. The van der Waals surface area contributed by atoms with E-state index >= 15 is 0 Å². The first-order chi connectivity index (χ1) is 13.0. The molecule has 0 atom stereocenters. The van der Waals surface area contributed by atoms with Crippen molar-refractivity contribution < 1.29 is 9.53 Å². The number of thiocarbonyl (C=S) groups is 1. The molecule has 4 nitrogen and oxygen atoms in total. The van der Waals surface area contributed by atoms with Gasteiger partial charge in [-0.15, -0.1) is 11.3 Å². The Bertz CT molecular complexity index is 858. The van der Waals surface area contributed by atoms with E-state index in [1.54, 1.807) is 11.3 Å². The minimum atomic E-state index is -0.256. The molecule has 0 aliphatic heterocycles. The van der Waals surface area contributed by atoms with Gasteiger partial charge in [-0.3, -0.25) is 0 Å². The van der Waals surface area contributed by atoms with E-state index in [2.05, 4.69) is 36.6 Å². The Hall–Kier alpha value is -1.92. The van der Waals surface area contributed by atoms with Gasteiger partial charge < -0.3 is 15.4 Å². The third-order valence-corrected chi connectivity index (χ3v) is 6.17. The summed E-state index contributed by atoms with van der Waals surface area (Å²) in [6, 6.07) is 6.19. The summed E-state index contributed by atoms with van der Waals surface area (Å²) in [7, 11) is 0. The Kier molecular flexibility index (Phi) is 6.50. The van der Waals surface area contributed by atoms with Crippen LogP contribution in [0.25, 0.3) is 0 Å². The van der Waals surface area contributed by atoms with Crippen molar-refractivity contribution in [3.63, 3.8) is 0 Å². The second-order valence-electron chi connectivity index (χ2n) is 6.89. The van der Waals surface area contributed by atoms with Crippen LogP contribution in [-0.4, -0.2) is 17.7 Å². The third kappa shape index (κ3) is 4.68. The SMILES string of the molecule is CCOC(=O)c1c(NC(=S)Nc2ccc(C)cc2C)sc2c1CCCCC2. The fourth-order valence-corrected chi connectivity index (χ4v) is 5.02. The molecule has 0 bridgehead atoms. The van der Waals surface area contributed by atoms with Gasteiger partial charge in [0.1, 0.15) is 5.00 Å². The van der Waals surface area contributed by atoms with Crippen LogP contribution < -0.4 is 10.6 Å². The highest BCUT2D eigenvalue weighted by atomic mass is 32.1. The van der Waals surface area contributed by atoms with Gasteiger partial charge in [0.15, 0.2) is 5.11 Å². The van der Waals surface area contributed by atoms with Gasteiger partial charge in [0.05, 0.1) is 12.2 Å². The molecule has 0 saturated carbocycles. The minimum Gasteiger partial charge on any atom is -0.462 e. The van der Waals surface area contributed by atoms with Crippen molar-refractivity contribution >= 4 is 45.3 Å². The summed E-state index contributed by atoms with van der Waals surface area (Å²) in [5.74, 6) is -0.256. The number of benzene rings is 1. The number of carbonyl (C=O) groups is 1. The molecule has 27 heavy (non-hydrogen) atoms. The van der Waals surface area contributed by atoms with Crippen LogP contribution in [0.1, 0.15) is 58.1 Å².